The summed E-state index contributed by atoms with van der Waals surface area (Å²) in [5, 5.41) is 14.2. The van der Waals surface area contributed by atoms with Gasteiger partial charge in [-0.2, -0.15) is 0 Å². The highest BCUT2D eigenvalue weighted by atomic mass is 32.2. The van der Waals surface area contributed by atoms with Crippen molar-refractivity contribution in [2.45, 2.75) is 44.8 Å². The molecule has 2 N–H and O–H groups in total. The van der Waals surface area contributed by atoms with Crippen LogP contribution in [0.4, 0.5) is 4.79 Å². The molecule has 0 saturated heterocycles. The molecule has 0 bridgehead atoms. The molecule has 3 rings (SSSR count). The number of thioether (sulfide) groups is 1. The van der Waals surface area contributed by atoms with Crippen LogP contribution in [0, 0.1) is 0 Å². The maximum atomic E-state index is 12.3. The van der Waals surface area contributed by atoms with Crippen LogP contribution < -0.4 is 10.6 Å². The molecule has 8 nitrogen and oxygen atoms in total. The predicted molar refractivity (Wildman–Crippen MR) is 121 cm³/mol. The molecule has 2 aromatic heterocycles. The Kier molecular flexibility index (Phi) is 7.06. The first-order valence-corrected chi connectivity index (χ1v) is 11.0. The lowest BCUT2D eigenvalue weighted by atomic mass is 10.1. The van der Waals surface area contributed by atoms with E-state index in [1.165, 1.54) is 17.3 Å². The van der Waals surface area contributed by atoms with Crippen molar-refractivity contribution >= 4 is 23.7 Å². The molecule has 162 valence electrons. The lowest BCUT2D eigenvalue weighted by molar-refractivity contribution is -0.117. The van der Waals surface area contributed by atoms with E-state index < -0.39 is 17.5 Å². The van der Waals surface area contributed by atoms with E-state index in [1.54, 1.807) is 12.4 Å². The second kappa shape index (κ2) is 9.74. The number of nitrogens with zero attached hydrogens (tertiary/aromatic N) is 4. The van der Waals surface area contributed by atoms with Crippen molar-refractivity contribution in [2.75, 3.05) is 5.75 Å². The third-order valence-electron chi connectivity index (χ3n) is 4.25. The van der Waals surface area contributed by atoms with E-state index >= 15 is 0 Å². The second-order valence-corrected chi connectivity index (χ2v) is 8.88. The minimum absolute atomic E-state index is 0.0269. The van der Waals surface area contributed by atoms with Crippen LogP contribution in [0.5, 0.6) is 0 Å². The fourth-order valence-electron chi connectivity index (χ4n) is 2.83. The van der Waals surface area contributed by atoms with E-state index in [0.29, 0.717) is 11.0 Å². The van der Waals surface area contributed by atoms with E-state index in [9.17, 15) is 9.59 Å². The number of amides is 3. The van der Waals surface area contributed by atoms with Crippen LogP contribution in [-0.2, 0) is 11.2 Å². The van der Waals surface area contributed by atoms with Gasteiger partial charge in [0.1, 0.15) is 0 Å². The number of aromatic nitrogens is 4. The minimum atomic E-state index is -0.521. The molecule has 0 atom stereocenters. The van der Waals surface area contributed by atoms with Crippen LogP contribution in [-0.4, -0.2) is 43.0 Å². The zero-order valence-corrected chi connectivity index (χ0v) is 18.9. The fourth-order valence-corrected chi connectivity index (χ4v) is 3.58. The molecule has 3 aromatic rings. The van der Waals surface area contributed by atoms with Crippen molar-refractivity contribution < 1.29 is 9.59 Å². The van der Waals surface area contributed by atoms with E-state index in [0.717, 1.165) is 17.7 Å². The molecule has 2 heterocycles. The Bertz CT molecular complexity index is 1040. The van der Waals surface area contributed by atoms with Crippen molar-refractivity contribution in [3.05, 3.63) is 54.4 Å². The molecule has 0 unspecified atom stereocenters. The smallest absolute Gasteiger partial charge is 0.321 e. The number of rotatable bonds is 6. The van der Waals surface area contributed by atoms with Crippen LogP contribution in [0.2, 0.25) is 0 Å². The first-order chi connectivity index (χ1) is 14.8. The Morgan fingerprint density at radius 1 is 1.03 bits per heavy atom. The summed E-state index contributed by atoms with van der Waals surface area (Å²) in [5.74, 6) is 0.271. The van der Waals surface area contributed by atoms with Crippen LogP contribution >= 0.6 is 11.8 Å². The number of urea groups is 1. The van der Waals surface area contributed by atoms with Crippen LogP contribution in [0.25, 0.3) is 17.1 Å². The Balaban J connectivity index is 1.82. The highest BCUT2D eigenvalue weighted by Crippen LogP contribution is 2.27. The summed E-state index contributed by atoms with van der Waals surface area (Å²) in [4.78, 5) is 28.3. The van der Waals surface area contributed by atoms with Crippen molar-refractivity contribution in [3.8, 4) is 17.1 Å². The largest absolute Gasteiger partial charge is 0.333 e. The van der Waals surface area contributed by atoms with Gasteiger partial charge in [0, 0.05) is 29.2 Å². The SMILES string of the molecule is CCc1ccc(-n2c(SCC(=O)NC(=O)NC(C)(C)C)nnc2-c2ccncc2)cc1. The van der Waals surface area contributed by atoms with Gasteiger partial charge in [-0.3, -0.25) is 19.7 Å². The third-order valence-corrected chi connectivity index (χ3v) is 5.18. The Labute approximate surface area is 185 Å². The lowest BCUT2D eigenvalue weighted by Gasteiger charge is -2.20. The summed E-state index contributed by atoms with van der Waals surface area (Å²) >= 11 is 1.22. The quantitative estimate of drug-likeness (QED) is 0.570. The number of carbonyl (C=O) groups excluding carboxylic acids is 2. The first-order valence-electron chi connectivity index (χ1n) is 9.97. The summed E-state index contributed by atoms with van der Waals surface area (Å²) in [6.45, 7) is 7.64. The Morgan fingerprint density at radius 3 is 2.32 bits per heavy atom. The maximum absolute atomic E-state index is 12.3. The van der Waals surface area contributed by atoms with Gasteiger partial charge in [0.25, 0.3) is 0 Å². The number of aryl methyl sites for hydroxylation is 1. The standard InChI is InChI=1S/C22H26N6O2S/c1-5-15-6-8-17(9-7-15)28-19(16-10-12-23-13-11-16)26-27-21(28)31-14-18(29)24-20(30)25-22(2,3)4/h6-13H,5,14H2,1-4H3,(H2,24,25,29,30). The van der Waals surface area contributed by atoms with E-state index in [4.69, 9.17) is 0 Å². The van der Waals surface area contributed by atoms with E-state index in [1.807, 2.05) is 49.6 Å². The molecule has 0 aliphatic heterocycles. The normalized spacial score (nSPS) is 11.2. The first kappa shape index (κ1) is 22.5. The van der Waals surface area contributed by atoms with Gasteiger partial charge in [-0.15, -0.1) is 10.2 Å². The number of imide groups is 1. The van der Waals surface area contributed by atoms with Gasteiger partial charge in [-0.25, -0.2) is 4.79 Å². The van der Waals surface area contributed by atoms with E-state index in [2.05, 4.69) is 44.9 Å². The number of hydrogen-bond acceptors (Lipinski definition) is 6. The molecule has 9 heteroatoms. The predicted octanol–water partition coefficient (Wildman–Crippen LogP) is 3.61. The van der Waals surface area contributed by atoms with Crippen LogP contribution in [0.3, 0.4) is 0 Å². The second-order valence-electron chi connectivity index (χ2n) is 7.94. The molecular weight excluding hydrogens is 412 g/mol. The summed E-state index contributed by atoms with van der Waals surface area (Å²) in [5.41, 5.74) is 2.55. The van der Waals surface area contributed by atoms with Gasteiger partial charge in [-0.1, -0.05) is 30.8 Å². The average Bonchev–Trinajstić information content (AvgIpc) is 3.15. The Morgan fingerprint density at radius 2 is 1.71 bits per heavy atom. The van der Waals surface area contributed by atoms with Crippen LogP contribution in [0.1, 0.15) is 33.3 Å². The molecule has 31 heavy (non-hydrogen) atoms. The van der Waals surface area contributed by atoms with Crippen molar-refractivity contribution in [2.24, 2.45) is 0 Å². The molecule has 0 aliphatic carbocycles. The highest BCUT2D eigenvalue weighted by Gasteiger charge is 2.19. The molecule has 0 spiro atoms. The molecule has 0 radical (unpaired) electrons. The van der Waals surface area contributed by atoms with Gasteiger partial charge in [-0.05, 0) is 57.0 Å². The van der Waals surface area contributed by atoms with E-state index in [-0.39, 0.29) is 5.75 Å². The molecule has 0 aliphatic rings. The third kappa shape index (κ3) is 6.14. The van der Waals surface area contributed by atoms with Crippen molar-refractivity contribution in [3.63, 3.8) is 0 Å². The fraction of sp³-hybridized carbons (Fsp3) is 0.318. The van der Waals surface area contributed by atoms with Crippen molar-refractivity contribution in [1.82, 2.24) is 30.4 Å². The molecular formula is C22H26N6O2S. The average molecular weight is 439 g/mol. The highest BCUT2D eigenvalue weighted by molar-refractivity contribution is 7.99. The number of benzene rings is 1. The molecule has 1 aromatic carbocycles. The summed E-state index contributed by atoms with van der Waals surface area (Å²) < 4.78 is 1.90. The lowest BCUT2D eigenvalue weighted by Crippen LogP contribution is -2.48. The zero-order valence-electron chi connectivity index (χ0n) is 18.0. The van der Waals surface area contributed by atoms with Gasteiger partial charge in [0.15, 0.2) is 11.0 Å². The van der Waals surface area contributed by atoms with Crippen molar-refractivity contribution in [1.29, 1.82) is 0 Å². The van der Waals surface area contributed by atoms with Gasteiger partial charge in [0.2, 0.25) is 5.91 Å². The topological polar surface area (TPSA) is 102 Å². The van der Waals surface area contributed by atoms with Gasteiger partial charge >= 0.3 is 6.03 Å². The zero-order chi connectivity index (χ0) is 22.4. The number of carbonyl (C=O) groups is 2. The molecule has 3 amide bonds. The van der Waals surface area contributed by atoms with Gasteiger partial charge < -0.3 is 5.32 Å². The Hall–Kier alpha value is -3.20. The monoisotopic (exact) mass is 438 g/mol. The van der Waals surface area contributed by atoms with Crippen LogP contribution in [0.15, 0.2) is 53.9 Å². The summed E-state index contributed by atoms with van der Waals surface area (Å²) in [6, 6.07) is 11.3. The number of hydrogen-bond donors (Lipinski definition) is 2. The maximum Gasteiger partial charge on any atom is 0.321 e. The summed E-state index contributed by atoms with van der Waals surface area (Å²) in [6.07, 6.45) is 4.34. The summed E-state index contributed by atoms with van der Waals surface area (Å²) in [7, 11) is 0. The number of pyridine rings is 1. The molecule has 0 fully saturated rings. The minimum Gasteiger partial charge on any atom is -0.333 e. The molecule has 0 saturated carbocycles. The number of nitrogens with one attached hydrogen (secondary N) is 2. The van der Waals surface area contributed by atoms with Gasteiger partial charge in [0.05, 0.1) is 5.75 Å².